The third-order valence-corrected chi connectivity index (χ3v) is 4.03. The molecule has 3 heteroatoms. The lowest BCUT2D eigenvalue weighted by molar-refractivity contribution is 0.0931. The number of halogens is 1. The number of amides is 1. The molecule has 0 atom stereocenters. The van der Waals surface area contributed by atoms with E-state index < -0.39 is 0 Å². The third-order valence-electron chi connectivity index (χ3n) is 3.79. The van der Waals surface area contributed by atoms with E-state index in [0.29, 0.717) is 10.6 Å². The van der Waals surface area contributed by atoms with Crippen LogP contribution in [0.15, 0.2) is 48.5 Å². The summed E-state index contributed by atoms with van der Waals surface area (Å²) in [5.74, 6) is -0.0255. The quantitative estimate of drug-likeness (QED) is 0.905. The molecular formula is C17H16ClNO. The van der Waals surface area contributed by atoms with Crippen molar-refractivity contribution in [3.8, 4) is 0 Å². The van der Waals surface area contributed by atoms with Crippen LogP contribution in [-0.4, -0.2) is 5.91 Å². The molecule has 0 radical (unpaired) electrons. The molecule has 2 aromatic carbocycles. The lowest BCUT2D eigenvalue weighted by Gasteiger charge is -2.18. The van der Waals surface area contributed by atoms with Crippen LogP contribution in [0, 0.1) is 6.92 Å². The molecule has 1 aliphatic rings. The first-order valence-corrected chi connectivity index (χ1v) is 7.12. The van der Waals surface area contributed by atoms with Crippen molar-refractivity contribution in [2.75, 3.05) is 0 Å². The van der Waals surface area contributed by atoms with Crippen LogP contribution in [0.2, 0.25) is 5.02 Å². The van der Waals surface area contributed by atoms with Gasteiger partial charge in [0.2, 0.25) is 0 Å². The first-order chi connectivity index (χ1) is 9.59. The van der Waals surface area contributed by atoms with Gasteiger partial charge in [0.25, 0.3) is 5.91 Å². The summed E-state index contributed by atoms with van der Waals surface area (Å²) < 4.78 is 0. The lowest BCUT2D eigenvalue weighted by Crippen LogP contribution is -2.34. The Bertz CT molecular complexity index is 644. The summed E-state index contributed by atoms with van der Waals surface area (Å²) in [7, 11) is 0. The minimum absolute atomic E-state index is 0.0255. The van der Waals surface area contributed by atoms with E-state index in [-0.39, 0.29) is 11.4 Å². The Balaban J connectivity index is 1.80. The Kier molecular flexibility index (Phi) is 3.27. The lowest BCUT2D eigenvalue weighted by atomic mass is 10.0. The van der Waals surface area contributed by atoms with E-state index in [1.54, 1.807) is 0 Å². The summed E-state index contributed by atoms with van der Waals surface area (Å²) in [5, 5.41) is 3.86. The maximum absolute atomic E-state index is 12.3. The molecular weight excluding hydrogens is 270 g/mol. The molecule has 0 aromatic heterocycles. The van der Waals surface area contributed by atoms with Crippen LogP contribution < -0.4 is 5.32 Å². The minimum atomic E-state index is -0.229. The van der Waals surface area contributed by atoms with Gasteiger partial charge in [0.1, 0.15) is 0 Å². The number of hydrogen-bond acceptors (Lipinski definition) is 1. The summed E-state index contributed by atoms with van der Waals surface area (Å²) >= 11 is 6.04. The second-order valence-corrected chi connectivity index (χ2v) is 5.85. The van der Waals surface area contributed by atoms with Crippen molar-refractivity contribution in [2.24, 2.45) is 0 Å². The maximum Gasteiger partial charge on any atom is 0.251 e. The number of aryl methyl sites for hydroxylation is 1. The van der Waals surface area contributed by atoms with Gasteiger partial charge in [0.05, 0.1) is 5.54 Å². The van der Waals surface area contributed by atoms with Gasteiger partial charge in [-0.1, -0.05) is 41.4 Å². The largest absolute Gasteiger partial charge is 0.343 e. The third kappa shape index (κ3) is 2.56. The smallest absolute Gasteiger partial charge is 0.251 e. The number of rotatable bonds is 3. The molecule has 0 bridgehead atoms. The molecule has 2 aromatic rings. The zero-order valence-electron chi connectivity index (χ0n) is 11.3. The van der Waals surface area contributed by atoms with Crippen LogP contribution in [-0.2, 0) is 5.54 Å². The normalized spacial score (nSPS) is 15.7. The average Bonchev–Trinajstić information content (AvgIpc) is 3.20. The van der Waals surface area contributed by atoms with Crippen molar-refractivity contribution in [2.45, 2.75) is 25.3 Å². The van der Waals surface area contributed by atoms with E-state index >= 15 is 0 Å². The van der Waals surface area contributed by atoms with Crippen molar-refractivity contribution in [3.63, 3.8) is 0 Å². The van der Waals surface area contributed by atoms with Gasteiger partial charge in [0.15, 0.2) is 0 Å². The van der Waals surface area contributed by atoms with Crippen molar-refractivity contribution < 1.29 is 4.79 Å². The molecule has 2 nitrogen and oxygen atoms in total. The summed E-state index contributed by atoms with van der Waals surface area (Å²) in [5.41, 5.74) is 2.71. The van der Waals surface area contributed by atoms with Crippen LogP contribution in [0.25, 0.3) is 0 Å². The molecule has 0 unspecified atom stereocenters. The number of benzene rings is 2. The highest BCUT2D eigenvalue weighted by Gasteiger charge is 2.45. The minimum Gasteiger partial charge on any atom is -0.343 e. The Morgan fingerprint density at radius 1 is 1.15 bits per heavy atom. The average molecular weight is 286 g/mol. The SMILES string of the molecule is Cc1ccc(C(=O)NC2(c3cccc(Cl)c3)CC2)cc1. The van der Waals surface area contributed by atoms with E-state index in [4.69, 9.17) is 11.6 Å². The highest BCUT2D eigenvalue weighted by molar-refractivity contribution is 6.30. The summed E-state index contributed by atoms with van der Waals surface area (Å²) in [6.07, 6.45) is 1.93. The molecule has 102 valence electrons. The van der Waals surface area contributed by atoms with Gasteiger partial charge in [-0.2, -0.15) is 0 Å². The maximum atomic E-state index is 12.3. The molecule has 20 heavy (non-hydrogen) atoms. The molecule has 0 heterocycles. The van der Waals surface area contributed by atoms with Gasteiger partial charge in [-0.3, -0.25) is 4.79 Å². The Morgan fingerprint density at radius 3 is 2.45 bits per heavy atom. The van der Waals surface area contributed by atoms with Gasteiger partial charge < -0.3 is 5.32 Å². The zero-order valence-corrected chi connectivity index (χ0v) is 12.1. The highest BCUT2D eigenvalue weighted by atomic mass is 35.5. The van der Waals surface area contributed by atoms with Crippen molar-refractivity contribution in [1.82, 2.24) is 5.32 Å². The number of carbonyl (C=O) groups excluding carboxylic acids is 1. The van der Waals surface area contributed by atoms with Crippen molar-refractivity contribution >= 4 is 17.5 Å². The summed E-state index contributed by atoms with van der Waals surface area (Å²) in [6, 6.07) is 15.4. The molecule has 3 rings (SSSR count). The first-order valence-electron chi connectivity index (χ1n) is 6.74. The fraction of sp³-hybridized carbons (Fsp3) is 0.235. The second kappa shape index (κ2) is 4.95. The molecule has 1 fully saturated rings. The molecule has 1 saturated carbocycles. The van der Waals surface area contributed by atoms with E-state index in [0.717, 1.165) is 24.0 Å². The predicted molar refractivity (Wildman–Crippen MR) is 81.0 cm³/mol. The Morgan fingerprint density at radius 2 is 1.85 bits per heavy atom. The highest BCUT2D eigenvalue weighted by Crippen LogP contribution is 2.46. The van der Waals surface area contributed by atoms with Crippen LogP contribution >= 0.6 is 11.6 Å². The molecule has 0 spiro atoms. The van der Waals surface area contributed by atoms with E-state index in [1.807, 2.05) is 55.5 Å². The number of carbonyl (C=O) groups is 1. The van der Waals surface area contributed by atoms with Crippen LogP contribution in [0.1, 0.15) is 34.3 Å². The van der Waals surface area contributed by atoms with E-state index in [9.17, 15) is 4.79 Å². The van der Waals surface area contributed by atoms with Gasteiger partial charge >= 0.3 is 0 Å². The Hall–Kier alpha value is -1.80. The predicted octanol–water partition coefficient (Wildman–Crippen LogP) is 4.07. The standard InChI is InChI=1S/C17H16ClNO/c1-12-5-7-13(8-6-12)16(20)19-17(9-10-17)14-3-2-4-15(18)11-14/h2-8,11H,9-10H2,1H3,(H,19,20). The van der Waals surface area contributed by atoms with E-state index in [1.165, 1.54) is 0 Å². The number of hydrogen-bond donors (Lipinski definition) is 1. The fourth-order valence-electron chi connectivity index (χ4n) is 2.39. The fourth-order valence-corrected chi connectivity index (χ4v) is 2.58. The molecule has 0 aliphatic heterocycles. The molecule has 1 amide bonds. The van der Waals surface area contributed by atoms with Gasteiger partial charge in [-0.15, -0.1) is 0 Å². The van der Waals surface area contributed by atoms with Gasteiger partial charge in [0, 0.05) is 10.6 Å². The zero-order chi connectivity index (χ0) is 14.2. The summed E-state index contributed by atoms with van der Waals surface area (Å²) in [6.45, 7) is 2.01. The topological polar surface area (TPSA) is 29.1 Å². The summed E-state index contributed by atoms with van der Waals surface area (Å²) in [4.78, 5) is 12.3. The van der Waals surface area contributed by atoms with Gasteiger partial charge in [-0.05, 0) is 49.6 Å². The van der Waals surface area contributed by atoms with Crippen LogP contribution in [0.5, 0.6) is 0 Å². The molecule has 1 aliphatic carbocycles. The molecule has 1 N–H and O–H groups in total. The van der Waals surface area contributed by atoms with Crippen molar-refractivity contribution in [1.29, 1.82) is 0 Å². The molecule has 0 saturated heterocycles. The second-order valence-electron chi connectivity index (χ2n) is 5.41. The van der Waals surface area contributed by atoms with Crippen LogP contribution in [0.3, 0.4) is 0 Å². The number of nitrogens with one attached hydrogen (secondary N) is 1. The monoisotopic (exact) mass is 285 g/mol. The van der Waals surface area contributed by atoms with Crippen LogP contribution in [0.4, 0.5) is 0 Å². The Labute approximate surface area is 123 Å². The van der Waals surface area contributed by atoms with E-state index in [2.05, 4.69) is 5.32 Å². The van der Waals surface area contributed by atoms with Crippen molar-refractivity contribution in [3.05, 3.63) is 70.2 Å². The van der Waals surface area contributed by atoms with Gasteiger partial charge in [-0.25, -0.2) is 0 Å². The first kappa shape index (κ1) is 13.2.